The minimum Gasteiger partial charge on any atom is -0.489 e. The lowest BCUT2D eigenvalue weighted by Crippen LogP contribution is -2.28. The Morgan fingerprint density at radius 1 is 1.00 bits per heavy atom. The summed E-state index contributed by atoms with van der Waals surface area (Å²) in [7, 11) is 0. The molecule has 1 fully saturated rings. The SMILES string of the molecule is CCN1C(=O)/C(=C\c2cc(C)n(-c3ccc(OCc4ccc(Br)cc4)cc3)c2C)SC1=Nc1ccc(F)cc1. The van der Waals surface area contributed by atoms with E-state index in [0.29, 0.717) is 28.9 Å². The maximum atomic E-state index is 13.3. The summed E-state index contributed by atoms with van der Waals surface area (Å²) < 4.78 is 22.5. The number of ether oxygens (including phenoxy) is 1. The molecule has 1 aliphatic rings. The van der Waals surface area contributed by atoms with Crippen LogP contribution >= 0.6 is 27.7 Å². The molecule has 2 heterocycles. The summed E-state index contributed by atoms with van der Waals surface area (Å²) in [6.07, 6.45) is 1.93. The molecule has 0 atom stereocenters. The van der Waals surface area contributed by atoms with Gasteiger partial charge in [-0.25, -0.2) is 9.38 Å². The van der Waals surface area contributed by atoms with Crippen LogP contribution in [0.5, 0.6) is 5.75 Å². The zero-order chi connectivity index (χ0) is 27.5. The number of carbonyl (C=O) groups is 1. The molecule has 3 aromatic carbocycles. The summed E-state index contributed by atoms with van der Waals surface area (Å²) in [5.74, 6) is 0.396. The van der Waals surface area contributed by atoms with E-state index in [1.807, 2.05) is 68.5 Å². The standard InChI is InChI=1S/C31H27BrFN3O2S/c1-4-35-30(37)29(39-31(35)34-26-11-9-25(33)10-12-26)18-23-17-20(2)36(21(23)3)27-13-15-28(16-14-27)38-19-22-5-7-24(32)8-6-22/h5-18H,4,19H2,1-3H3/b29-18+,34-31?. The van der Waals surface area contributed by atoms with Crippen LogP contribution in [-0.4, -0.2) is 27.1 Å². The molecule has 1 amide bonds. The van der Waals surface area contributed by atoms with Gasteiger partial charge in [0.2, 0.25) is 0 Å². The molecule has 5 nitrogen and oxygen atoms in total. The first-order chi connectivity index (χ1) is 18.8. The number of carbonyl (C=O) groups excluding carboxylic acids is 1. The molecule has 0 aliphatic carbocycles. The Bertz CT molecular complexity index is 1560. The lowest BCUT2D eigenvalue weighted by atomic mass is 10.2. The summed E-state index contributed by atoms with van der Waals surface area (Å²) in [5, 5.41) is 0.591. The van der Waals surface area contributed by atoms with Gasteiger partial charge in [-0.1, -0.05) is 28.1 Å². The first kappa shape index (κ1) is 27.0. The first-order valence-corrected chi connectivity index (χ1v) is 14.2. The molecule has 8 heteroatoms. The predicted molar refractivity (Wildman–Crippen MR) is 160 cm³/mol. The van der Waals surface area contributed by atoms with E-state index in [9.17, 15) is 9.18 Å². The Balaban J connectivity index is 1.35. The number of hydrogen-bond donors (Lipinski definition) is 0. The third kappa shape index (κ3) is 6.02. The van der Waals surface area contributed by atoms with Gasteiger partial charge in [-0.3, -0.25) is 9.69 Å². The van der Waals surface area contributed by atoms with Crippen LogP contribution in [0.15, 0.2) is 93.2 Å². The van der Waals surface area contributed by atoms with Crippen LogP contribution in [0, 0.1) is 19.7 Å². The number of rotatable bonds is 7. The Labute approximate surface area is 240 Å². The molecule has 0 spiro atoms. The average molecular weight is 605 g/mol. The number of aromatic nitrogens is 1. The lowest BCUT2D eigenvalue weighted by molar-refractivity contribution is -0.122. The second kappa shape index (κ2) is 11.6. The van der Waals surface area contributed by atoms with Crippen molar-refractivity contribution in [1.29, 1.82) is 0 Å². The summed E-state index contributed by atoms with van der Waals surface area (Å²) in [5.41, 5.74) is 5.79. The Morgan fingerprint density at radius 3 is 2.36 bits per heavy atom. The second-order valence-corrected chi connectivity index (χ2v) is 11.0. The van der Waals surface area contributed by atoms with Crippen molar-refractivity contribution in [2.75, 3.05) is 6.54 Å². The summed E-state index contributed by atoms with van der Waals surface area (Å²) in [6.45, 7) is 7.01. The fourth-order valence-electron chi connectivity index (χ4n) is 4.41. The molecule has 0 radical (unpaired) electrons. The Hall–Kier alpha value is -3.62. The van der Waals surface area contributed by atoms with Crippen LogP contribution < -0.4 is 4.74 Å². The number of aryl methyl sites for hydroxylation is 1. The van der Waals surface area contributed by atoms with Gasteiger partial charge in [0.1, 0.15) is 18.2 Å². The summed E-state index contributed by atoms with van der Waals surface area (Å²) >= 11 is 4.79. The molecular weight excluding hydrogens is 577 g/mol. The maximum absolute atomic E-state index is 13.3. The van der Waals surface area contributed by atoms with Gasteiger partial charge in [0.15, 0.2) is 5.17 Å². The van der Waals surface area contributed by atoms with Crippen LogP contribution in [0.4, 0.5) is 10.1 Å². The van der Waals surface area contributed by atoms with Crippen LogP contribution in [0.25, 0.3) is 11.8 Å². The predicted octanol–water partition coefficient (Wildman–Crippen LogP) is 8.20. The van der Waals surface area contributed by atoms with Crippen LogP contribution in [0.2, 0.25) is 0 Å². The molecule has 198 valence electrons. The normalized spacial score (nSPS) is 15.5. The van der Waals surface area contributed by atoms with Gasteiger partial charge in [-0.15, -0.1) is 0 Å². The second-order valence-electron chi connectivity index (χ2n) is 9.10. The molecule has 39 heavy (non-hydrogen) atoms. The van der Waals surface area contributed by atoms with Gasteiger partial charge in [0.25, 0.3) is 5.91 Å². The number of halogens is 2. The summed E-state index contributed by atoms with van der Waals surface area (Å²) in [6, 6.07) is 24.1. The lowest BCUT2D eigenvalue weighted by Gasteiger charge is -2.12. The van der Waals surface area contributed by atoms with E-state index in [0.717, 1.165) is 38.4 Å². The topological polar surface area (TPSA) is 46.8 Å². The van der Waals surface area contributed by atoms with E-state index in [2.05, 4.69) is 38.5 Å². The minimum atomic E-state index is -0.319. The van der Waals surface area contributed by atoms with Crippen LogP contribution in [0.1, 0.15) is 29.4 Å². The molecular formula is C31H27BrFN3O2S. The number of likely N-dealkylation sites (N-methyl/N-ethyl adjacent to an activating group) is 1. The van der Waals surface area contributed by atoms with Crippen molar-refractivity contribution in [3.63, 3.8) is 0 Å². The molecule has 0 N–H and O–H groups in total. The molecule has 0 unspecified atom stereocenters. The van der Waals surface area contributed by atoms with E-state index in [-0.39, 0.29) is 11.7 Å². The highest BCUT2D eigenvalue weighted by atomic mass is 79.9. The van der Waals surface area contributed by atoms with Gasteiger partial charge in [-0.2, -0.15) is 0 Å². The van der Waals surface area contributed by atoms with Crippen molar-refractivity contribution in [1.82, 2.24) is 9.47 Å². The van der Waals surface area contributed by atoms with E-state index >= 15 is 0 Å². The average Bonchev–Trinajstić information content (AvgIpc) is 3.38. The van der Waals surface area contributed by atoms with Crippen molar-refractivity contribution in [2.24, 2.45) is 4.99 Å². The molecule has 1 aliphatic heterocycles. The van der Waals surface area contributed by atoms with Gasteiger partial charge in [-0.05, 0) is 116 Å². The number of aliphatic imine (C=N–C) groups is 1. The largest absolute Gasteiger partial charge is 0.489 e. The zero-order valence-electron chi connectivity index (χ0n) is 21.8. The van der Waals surface area contributed by atoms with Crippen molar-refractivity contribution in [3.8, 4) is 11.4 Å². The van der Waals surface area contributed by atoms with Crippen molar-refractivity contribution >= 4 is 50.5 Å². The number of nitrogens with zero attached hydrogens (tertiary/aromatic N) is 3. The Kier molecular flexibility index (Phi) is 8.04. The molecule has 1 saturated heterocycles. The molecule has 0 bridgehead atoms. The number of benzene rings is 3. The highest BCUT2D eigenvalue weighted by Gasteiger charge is 2.32. The fourth-order valence-corrected chi connectivity index (χ4v) is 5.73. The fraction of sp³-hybridized carbons (Fsp3) is 0.161. The van der Waals surface area contributed by atoms with Crippen molar-refractivity contribution < 1.29 is 13.9 Å². The van der Waals surface area contributed by atoms with E-state index in [1.54, 1.807) is 17.0 Å². The van der Waals surface area contributed by atoms with Crippen molar-refractivity contribution in [3.05, 3.63) is 117 Å². The van der Waals surface area contributed by atoms with E-state index in [4.69, 9.17) is 4.74 Å². The Morgan fingerprint density at radius 2 is 1.69 bits per heavy atom. The van der Waals surface area contributed by atoms with E-state index < -0.39 is 0 Å². The highest BCUT2D eigenvalue weighted by Crippen LogP contribution is 2.35. The van der Waals surface area contributed by atoms with Crippen molar-refractivity contribution in [2.45, 2.75) is 27.4 Å². The zero-order valence-corrected chi connectivity index (χ0v) is 24.2. The third-order valence-electron chi connectivity index (χ3n) is 6.43. The maximum Gasteiger partial charge on any atom is 0.266 e. The number of thioether (sulfide) groups is 1. The third-order valence-corrected chi connectivity index (χ3v) is 7.96. The van der Waals surface area contributed by atoms with Gasteiger partial charge >= 0.3 is 0 Å². The smallest absolute Gasteiger partial charge is 0.266 e. The quantitative estimate of drug-likeness (QED) is 0.200. The number of amidine groups is 1. The first-order valence-electron chi connectivity index (χ1n) is 12.5. The number of hydrogen-bond acceptors (Lipinski definition) is 4. The molecule has 1 aromatic heterocycles. The van der Waals surface area contributed by atoms with Gasteiger partial charge < -0.3 is 9.30 Å². The van der Waals surface area contributed by atoms with Gasteiger partial charge in [0.05, 0.1) is 10.6 Å². The minimum absolute atomic E-state index is 0.0829. The molecule has 4 aromatic rings. The molecule has 5 rings (SSSR count). The molecule has 0 saturated carbocycles. The highest BCUT2D eigenvalue weighted by molar-refractivity contribution is 9.10. The van der Waals surface area contributed by atoms with Crippen LogP contribution in [0.3, 0.4) is 0 Å². The van der Waals surface area contributed by atoms with Gasteiger partial charge in [0, 0.05) is 28.1 Å². The monoisotopic (exact) mass is 603 g/mol. The number of amides is 1. The van der Waals surface area contributed by atoms with E-state index in [1.165, 1.54) is 23.9 Å². The summed E-state index contributed by atoms with van der Waals surface area (Å²) in [4.78, 5) is 20.0. The van der Waals surface area contributed by atoms with Crippen LogP contribution in [-0.2, 0) is 11.4 Å².